The number of aromatic nitrogens is 2. The molecule has 3 aromatic rings. The average molecular weight is 425 g/mol. The highest BCUT2D eigenvalue weighted by Crippen LogP contribution is 2.42. The Morgan fingerprint density at radius 1 is 0.933 bits per heavy atom. The van der Waals surface area contributed by atoms with Crippen LogP contribution in [0.4, 0.5) is 0 Å². The van der Waals surface area contributed by atoms with Gasteiger partial charge in [0, 0.05) is 18.7 Å². The first kappa shape index (κ1) is 20.7. The van der Waals surface area contributed by atoms with Gasteiger partial charge in [0.2, 0.25) is 0 Å². The van der Waals surface area contributed by atoms with E-state index in [-0.39, 0.29) is 22.3 Å². The lowest BCUT2D eigenvalue weighted by Crippen LogP contribution is -2.30. The summed E-state index contributed by atoms with van der Waals surface area (Å²) < 4.78 is 13.8. The lowest BCUT2D eigenvalue weighted by molar-refractivity contribution is 0.0135. The van der Waals surface area contributed by atoms with Crippen LogP contribution in [0.3, 0.4) is 0 Å². The number of nitrogens with zero attached hydrogens (tertiary/aromatic N) is 1. The highest BCUT2D eigenvalue weighted by molar-refractivity contribution is 8.00. The Morgan fingerprint density at radius 3 is 2.27 bits per heavy atom. The molecule has 2 heterocycles. The molecule has 0 saturated carbocycles. The van der Waals surface area contributed by atoms with Crippen LogP contribution >= 0.6 is 11.8 Å². The van der Waals surface area contributed by atoms with E-state index >= 15 is 0 Å². The number of hydrogen-bond donors (Lipinski definition) is 1. The zero-order chi connectivity index (χ0) is 20.8. The third-order valence-electron chi connectivity index (χ3n) is 5.04. The van der Waals surface area contributed by atoms with Crippen molar-refractivity contribution in [1.29, 1.82) is 0 Å². The maximum absolute atomic E-state index is 12.2. The molecule has 6 nitrogen and oxygen atoms in total. The molecule has 0 amide bonds. The maximum atomic E-state index is 12.2. The normalized spacial score (nSPS) is 21.0. The number of thioether (sulfide) groups is 1. The summed E-state index contributed by atoms with van der Waals surface area (Å²) >= 11 is 1.65. The summed E-state index contributed by atoms with van der Waals surface area (Å²) in [6.07, 6.45) is 2.16. The van der Waals surface area contributed by atoms with Crippen molar-refractivity contribution in [2.45, 2.75) is 36.4 Å². The summed E-state index contributed by atoms with van der Waals surface area (Å²) in [6.45, 7) is 1.56. The molecule has 1 aliphatic rings. The van der Waals surface area contributed by atoms with Crippen LogP contribution in [0.5, 0.6) is 0 Å². The van der Waals surface area contributed by atoms with E-state index in [9.17, 15) is 9.59 Å². The van der Waals surface area contributed by atoms with Crippen LogP contribution in [0.1, 0.15) is 22.9 Å². The molecular weight excluding hydrogens is 400 g/mol. The second-order valence-electron chi connectivity index (χ2n) is 7.22. The van der Waals surface area contributed by atoms with E-state index < -0.39 is 5.69 Å². The van der Waals surface area contributed by atoms with Gasteiger partial charge in [-0.1, -0.05) is 60.7 Å². The van der Waals surface area contributed by atoms with Crippen LogP contribution in [0, 0.1) is 0 Å². The van der Waals surface area contributed by atoms with Gasteiger partial charge in [-0.25, -0.2) is 4.79 Å². The molecule has 156 valence electrons. The van der Waals surface area contributed by atoms with Crippen LogP contribution in [0.2, 0.25) is 0 Å². The van der Waals surface area contributed by atoms with Gasteiger partial charge in [-0.05, 0) is 11.1 Å². The van der Waals surface area contributed by atoms with Gasteiger partial charge < -0.3 is 9.47 Å². The van der Waals surface area contributed by atoms with E-state index in [0.29, 0.717) is 26.2 Å². The van der Waals surface area contributed by atoms with Gasteiger partial charge in [0.05, 0.1) is 36.5 Å². The number of rotatable bonds is 8. The zero-order valence-electron chi connectivity index (χ0n) is 16.5. The standard InChI is InChI=1S/C23H24N2O4S/c26-21-11-12-25(23(27)24-21)22-13-19(29-15-18-9-5-2-6-10-18)20(30-22)16-28-14-17-7-3-1-4-8-17/h1-12,19-20,22H,13-16H2,(H,24,26,27)/t19-,20+,22-/m0/s1. The summed E-state index contributed by atoms with van der Waals surface area (Å²) in [5.41, 5.74) is 1.44. The Bertz CT molecular complexity index is 1050. The number of ether oxygens (including phenoxy) is 2. The van der Waals surface area contributed by atoms with Gasteiger partial charge in [0.15, 0.2) is 0 Å². The van der Waals surface area contributed by atoms with Gasteiger partial charge in [-0.15, -0.1) is 11.8 Å². The van der Waals surface area contributed by atoms with E-state index in [1.165, 1.54) is 6.07 Å². The number of aromatic amines is 1. The fourth-order valence-electron chi connectivity index (χ4n) is 3.50. The second kappa shape index (κ2) is 9.93. The van der Waals surface area contributed by atoms with Gasteiger partial charge in [-0.3, -0.25) is 14.3 Å². The predicted molar refractivity (Wildman–Crippen MR) is 117 cm³/mol. The predicted octanol–water partition coefficient (Wildman–Crippen LogP) is 3.34. The first-order valence-electron chi connectivity index (χ1n) is 9.93. The maximum Gasteiger partial charge on any atom is 0.329 e. The Hall–Kier alpha value is -2.61. The van der Waals surface area contributed by atoms with E-state index in [0.717, 1.165) is 11.1 Å². The minimum atomic E-state index is -0.396. The van der Waals surface area contributed by atoms with Gasteiger partial charge in [-0.2, -0.15) is 0 Å². The Labute approximate surface area is 178 Å². The molecule has 0 unspecified atom stereocenters. The van der Waals surface area contributed by atoms with Crippen molar-refractivity contribution in [2.75, 3.05) is 6.61 Å². The highest BCUT2D eigenvalue weighted by atomic mass is 32.2. The summed E-state index contributed by atoms with van der Waals surface area (Å²) in [5.74, 6) is 0. The van der Waals surface area contributed by atoms with Gasteiger partial charge in [0.25, 0.3) is 5.56 Å². The monoisotopic (exact) mass is 424 g/mol. The van der Waals surface area contributed by atoms with E-state index in [2.05, 4.69) is 4.98 Å². The summed E-state index contributed by atoms with van der Waals surface area (Å²) in [6, 6.07) is 21.4. The summed E-state index contributed by atoms with van der Waals surface area (Å²) in [7, 11) is 0. The zero-order valence-corrected chi connectivity index (χ0v) is 17.3. The van der Waals surface area contributed by atoms with Crippen molar-refractivity contribution in [2.24, 2.45) is 0 Å². The Balaban J connectivity index is 1.43. The molecule has 0 aliphatic carbocycles. The average Bonchev–Trinajstić information content (AvgIpc) is 3.16. The smallest absolute Gasteiger partial charge is 0.329 e. The van der Waals surface area contributed by atoms with Crippen molar-refractivity contribution >= 4 is 11.8 Å². The molecule has 1 aromatic heterocycles. The van der Waals surface area contributed by atoms with Crippen molar-refractivity contribution < 1.29 is 9.47 Å². The third-order valence-corrected chi connectivity index (χ3v) is 6.57. The quantitative estimate of drug-likeness (QED) is 0.600. The van der Waals surface area contributed by atoms with E-state index in [1.54, 1.807) is 22.5 Å². The van der Waals surface area contributed by atoms with Gasteiger partial charge in [0.1, 0.15) is 0 Å². The molecule has 1 aliphatic heterocycles. The molecule has 0 spiro atoms. The second-order valence-corrected chi connectivity index (χ2v) is 8.64. The van der Waals surface area contributed by atoms with Crippen LogP contribution in [-0.4, -0.2) is 27.5 Å². The van der Waals surface area contributed by atoms with Crippen molar-refractivity contribution in [1.82, 2.24) is 9.55 Å². The molecule has 1 N–H and O–H groups in total. The molecule has 2 aromatic carbocycles. The van der Waals surface area contributed by atoms with Gasteiger partial charge >= 0.3 is 5.69 Å². The van der Waals surface area contributed by atoms with Crippen LogP contribution < -0.4 is 11.2 Å². The van der Waals surface area contributed by atoms with Crippen molar-refractivity contribution in [3.8, 4) is 0 Å². The number of H-pyrrole nitrogens is 1. The molecular formula is C23H24N2O4S. The SMILES string of the molecule is O=c1ccn([C@@H]2C[C@H](OCc3ccccc3)[C@@H](COCc3ccccc3)S2)c(=O)[nH]1. The first-order valence-corrected chi connectivity index (χ1v) is 10.9. The minimum Gasteiger partial charge on any atom is -0.376 e. The van der Waals surface area contributed by atoms with Crippen molar-refractivity contribution in [3.05, 3.63) is 105 Å². The molecule has 1 fully saturated rings. The molecule has 0 bridgehead atoms. The fraction of sp³-hybridized carbons (Fsp3) is 0.304. The molecule has 7 heteroatoms. The van der Waals surface area contributed by atoms with E-state index in [4.69, 9.17) is 9.47 Å². The molecule has 3 atom stereocenters. The summed E-state index contributed by atoms with van der Waals surface area (Å²) in [4.78, 5) is 26.0. The van der Waals surface area contributed by atoms with Crippen LogP contribution in [0.15, 0.2) is 82.5 Å². The Kier molecular flexibility index (Phi) is 6.84. The molecule has 0 radical (unpaired) electrons. The third kappa shape index (κ3) is 5.30. The lowest BCUT2D eigenvalue weighted by atomic mass is 10.1. The van der Waals surface area contributed by atoms with Crippen molar-refractivity contribution in [3.63, 3.8) is 0 Å². The first-order chi connectivity index (χ1) is 14.7. The molecule has 4 rings (SSSR count). The van der Waals surface area contributed by atoms with Crippen LogP contribution in [-0.2, 0) is 22.7 Å². The number of nitrogens with one attached hydrogen (secondary N) is 1. The molecule has 1 saturated heterocycles. The minimum absolute atomic E-state index is 0.0604. The summed E-state index contributed by atoms with van der Waals surface area (Å²) in [5, 5.41) is -0.0262. The van der Waals surface area contributed by atoms with Crippen LogP contribution in [0.25, 0.3) is 0 Å². The number of benzene rings is 2. The topological polar surface area (TPSA) is 73.3 Å². The fourth-order valence-corrected chi connectivity index (χ4v) is 5.04. The van der Waals surface area contributed by atoms with E-state index in [1.807, 2.05) is 60.7 Å². The number of hydrogen-bond acceptors (Lipinski definition) is 5. The molecule has 30 heavy (non-hydrogen) atoms. The highest BCUT2D eigenvalue weighted by Gasteiger charge is 2.37. The lowest BCUT2D eigenvalue weighted by Gasteiger charge is -2.19. The largest absolute Gasteiger partial charge is 0.376 e. The Morgan fingerprint density at radius 2 is 1.60 bits per heavy atom.